The summed E-state index contributed by atoms with van der Waals surface area (Å²) in [7, 11) is 0. The number of hydrogen-bond donors (Lipinski definition) is 1. The minimum atomic E-state index is -0.536. The molecule has 4 nitrogen and oxygen atoms in total. The van der Waals surface area contributed by atoms with Crippen molar-refractivity contribution in [1.82, 2.24) is 5.32 Å². The molecule has 0 spiro atoms. The number of morpholine rings is 1. The van der Waals surface area contributed by atoms with Gasteiger partial charge in [-0.2, -0.15) is 0 Å². The molecule has 0 aromatic rings. The minimum absolute atomic E-state index is 0.0769. The van der Waals surface area contributed by atoms with Crippen LogP contribution in [0, 0.1) is 0 Å². The highest BCUT2D eigenvalue weighted by Crippen LogP contribution is 2.06. The fraction of sp³-hybridized carbons (Fsp3) is 0.429. The molecule has 0 aromatic carbocycles. The molecule has 0 unspecified atom stereocenters. The van der Waals surface area contributed by atoms with Gasteiger partial charge < -0.3 is 10.1 Å². The molecule has 1 aliphatic rings. The van der Waals surface area contributed by atoms with Crippen molar-refractivity contribution in [3.05, 3.63) is 11.8 Å². The average Bonchev–Trinajstić information content (AvgIpc) is 1.97. The molecule has 1 amide bonds. The van der Waals surface area contributed by atoms with E-state index < -0.39 is 12.0 Å². The van der Waals surface area contributed by atoms with Crippen LogP contribution in [0.5, 0.6) is 0 Å². The number of hydrogen-bond acceptors (Lipinski definition) is 3. The largest absolute Gasteiger partial charge is 0.419 e. The maximum atomic E-state index is 10.9. The van der Waals surface area contributed by atoms with Crippen LogP contribution in [0.2, 0.25) is 0 Å². The molecule has 0 aliphatic carbocycles. The number of amides is 1. The van der Waals surface area contributed by atoms with Gasteiger partial charge in [-0.1, -0.05) is 0 Å². The van der Waals surface area contributed by atoms with Crippen molar-refractivity contribution in [2.24, 2.45) is 0 Å². The number of esters is 1. The molecule has 60 valence electrons. The van der Waals surface area contributed by atoms with E-state index in [2.05, 4.69) is 10.1 Å². The van der Waals surface area contributed by atoms with Crippen LogP contribution in [0.3, 0.4) is 0 Å². The number of rotatable bonds is 0. The van der Waals surface area contributed by atoms with Gasteiger partial charge in [-0.15, -0.1) is 0 Å². The topological polar surface area (TPSA) is 55.4 Å². The smallest absolute Gasteiger partial charge is 0.333 e. The molecule has 1 saturated heterocycles. The van der Waals surface area contributed by atoms with Crippen LogP contribution in [-0.4, -0.2) is 17.9 Å². The van der Waals surface area contributed by atoms with Gasteiger partial charge in [0.2, 0.25) is 0 Å². The van der Waals surface area contributed by atoms with Crippen LogP contribution in [0.25, 0.3) is 0 Å². The van der Waals surface area contributed by atoms with E-state index >= 15 is 0 Å². The Balaban J connectivity index is 2.78. The van der Waals surface area contributed by atoms with Crippen molar-refractivity contribution in [3.63, 3.8) is 0 Å². The number of carbonyl (C=O) groups excluding carboxylic acids is 2. The lowest BCUT2D eigenvalue weighted by Gasteiger charge is -2.19. The third-order valence-electron chi connectivity index (χ3n) is 1.40. The highest BCUT2D eigenvalue weighted by Gasteiger charge is 2.27. The first-order chi connectivity index (χ1) is 5.15. The second-order valence-corrected chi connectivity index (χ2v) is 2.27. The summed E-state index contributed by atoms with van der Waals surface area (Å²) in [5.74, 6) is -0.676. The Labute approximate surface area is 64.2 Å². The Morgan fingerprint density at radius 2 is 2.18 bits per heavy atom. The fourth-order valence-electron chi connectivity index (χ4n) is 0.760. The van der Waals surface area contributed by atoms with Crippen LogP contribution in [-0.2, 0) is 14.3 Å². The second-order valence-electron chi connectivity index (χ2n) is 2.27. The summed E-state index contributed by atoms with van der Waals surface area (Å²) in [6, 6.07) is -0.536. The lowest BCUT2D eigenvalue weighted by atomic mass is 10.3. The van der Waals surface area contributed by atoms with Crippen LogP contribution in [0.4, 0.5) is 0 Å². The molecule has 0 saturated carbocycles. The minimum Gasteiger partial charge on any atom is -0.419 e. The normalized spacial score (nSPS) is 28.2. The monoisotopic (exact) mass is 155 g/mol. The SMILES string of the molecule is C/C=C1\OC(=O)[C@H](C)NC1=O. The van der Waals surface area contributed by atoms with E-state index in [0.717, 1.165) is 0 Å². The quantitative estimate of drug-likeness (QED) is 0.394. The lowest BCUT2D eigenvalue weighted by molar-refractivity contribution is -0.150. The van der Waals surface area contributed by atoms with E-state index in [1.54, 1.807) is 13.8 Å². The first kappa shape index (κ1) is 7.78. The maximum Gasteiger partial charge on any atom is 0.333 e. The molecule has 1 heterocycles. The molecular weight excluding hydrogens is 146 g/mol. The number of ether oxygens (including phenoxy) is 1. The Morgan fingerprint density at radius 1 is 1.55 bits per heavy atom. The molecule has 0 aromatic heterocycles. The number of carbonyl (C=O) groups is 2. The molecule has 1 N–H and O–H groups in total. The molecule has 1 rings (SSSR count). The highest BCUT2D eigenvalue weighted by molar-refractivity contribution is 5.99. The molecule has 1 fully saturated rings. The van der Waals surface area contributed by atoms with Gasteiger partial charge in [-0.25, -0.2) is 4.79 Å². The fourth-order valence-corrected chi connectivity index (χ4v) is 0.760. The first-order valence-corrected chi connectivity index (χ1v) is 3.34. The van der Waals surface area contributed by atoms with Crippen molar-refractivity contribution < 1.29 is 14.3 Å². The average molecular weight is 155 g/mol. The van der Waals surface area contributed by atoms with E-state index in [0.29, 0.717) is 0 Å². The Bertz CT molecular complexity index is 232. The zero-order chi connectivity index (χ0) is 8.43. The number of allylic oxidation sites excluding steroid dienone is 1. The predicted octanol–water partition coefficient (Wildman–Crippen LogP) is -0.0483. The zero-order valence-electron chi connectivity index (χ0n) is 6.38. The van der Waals surface area contributed by atoms with E-state index in [4.69, 9.17) is 0 Å². The van der Waals surface area contributed by atoms with E-state index in [1.807, 2.05) is 0 Å². The first-order valence-electron chi connectivity index (χ1n) is 3.34. The van der Waals surface area contributed by atoms with Crippen molar-refractivity contribution in [2.45, 2.75) is 19.9 Å². The Morgan fingerprint density at radius 3 is 2.73 bits per heavy atom. The van der Waals surface area contributed by atoms with Crippen molar-refractivity contribution >= 4 is 11.9 Å². The summed E-state index contributed by atoms with van der Waals surface area (Å²) in [6.45, 7) is 3.21. The third kappa shape index (κ3) is 1.39. The van der Waals surface area contributed by atoms with Gasteiger partial charge in [0.1, 0.15) is 6.04 Å². The van der Waals surface area contributed by atoms with Gasteiger partial charge in [-0.05, 0) is 19.9 Å². The molecule has 11 heavy (non-hydrogen) atoms. The van der Waals surface area contributed by atoms with Crippen LogP contribution >= 0.6 is 0 Å². The van der Waals surface area contributed by atoms with Gasteiger partial charge in [0.15, 0.2) is 5.76 Å². The lowest BCUT2D eigenvalue weighted by Crippen LogP contribution is -2.46. The van der Waals surface area contributed by atoms with Crippen molar-refractivity contribution in [1.29, 1.82) is 0 Å². The third-order valence-corrected chi connectivity index (χ3v) is 1.40. The number of nitrogens with one attached hydrogen (secondary N) is 1. The standard InChI is InChI=1S/C7H9NO3/c1-3-5-6(9)8-4(2)7(10)11-5/h3-4H,1-2H3,(H,8,9)/b5-3-/t4-/m0/s1. The van der Waals surface area contributed by atoms with Gasteiger partial charge in [0.25, 0.3) is 5.91 Å². The summed E-state index contributed by atoms with van der Waals surface area (Å²) < 4.78 is 4.67. The summed E-state index contributed by atoms with van der Waals surface area (Å²) >= 11 is 0. The van der Waals surface area contributed by atoms with Gasteiger partial charge in [-0.3, -0.25) is 4.79 Å². The Hall–Kier alpha value is -1.32. The molecule has 4 heteroatoms. The van der Waals surface area contributed by atoms with Crippen LogP contribution in [0.15, 0.2) is 11.8 Å². The summed E-state index contributed by atoms with van der Waals surface area (Å²) in [5.41, 5.74) is 0. The van der Waals surface area contributed by atoms with Gasteiger partial charge in [0, 0.05) is 0 Å². The second kappa shape index (κ2) is 2.74. The predicted molar refractivity (Wildman–Crippen MR) is 37.5 cm³/mol. The summed E-state index contributed by atoms with van der Waals surface area (Å²) in [6.07, 6.45) is 1.46. The molecule has 1 aliphatic heterocycles. The Kier molecular flexibility index (Phi) is 1.94. The highest BCUT2D eigenvalue weighted by atomic mass is 16.5. The summed E-state index contributed by atoms with van der Waals surface area (Å²) in [4.78, 5) is 21.8. The van der Waals surface area contributed by atoms with E-state index in [1.165, 1.54) is 6.08 Å². The number of cyclic esters (lactones) is 1. The zero-order valence-corrected chi connectivity index (χ0v) is 6.38. The van der Waals surface area contributed by atoms with Crippen LogP contribution < -0.4 is 5.32 Å². The molecule has 0 bridgehead atoms. The molecule has 1 atom stereocenters. The van der Waals surface area contributed by atoms with E-state index in [-0.39, 0.29) is 11.7 Å². The van der Waals surface area contributed by atoms with Gasteiger partial charge >= 0.3 is 5.97 Å². The van der Waals surface area contributed by atoms with E-state index in [9.17, 15) is 9.59 Å². The van der Waals surface area contributed by atoms with Crippen LogP contribution in [0.1, 0.15) is 13.8 Å². The van der Waals surface area contributed by atoms with Crippen molar-refractivity contribution in [2.75, 3.05) is 0 Å². The molecule has 0 radical (unpaired) electrons. The molecular formula is C7H9NO3. The van der Waals surface area contributed by atoms with Crippen molar-refractivity contribution in [3.8, 4) is 0 Å². The maximum absolute atomic E-state index is 10.9. The van der Waals surface area contributed by atoms with Gasteiger partial charge in [0.05, 0.1) is 0 Å². The summed E-state index contributed by atoms with van der Waals surface area (Å²) in [5, 5.41) is 2.45.